The summed E-state index contributed by atoms with van der Waals surface area (Å²) in [7, 11) is 1.51. The van der Waals surface area contributed by atoms with Crippen LogP contribution in [0.25, 0.3) is 11.8 Å². The summed E-state index contributed by atoms with van der Waals surface area (Å²) in [5.41, 5.74) is 3.98. The van der Waals surface area contributed by atoms with Crippen LogP contribution in [0.4, 0.5) is 0 Å². The van der Waals surface area contributed by atoms with Crippen molar-refractivity contribution in [3.8, 4) is 11.8 Å². The largest absolute Gasteiger partial charge is 0.354 e. The Balaban J connectivity index is 2.58. The van der Waals surface area contributed by atoms with Gasteiger partial charge in [-0.3, -0.25) is 4.79 Å². The van der Waals surface area contributed by atoms with Gasteiger partial charge >= 0.3 is 0 Å². The molecule has 0 saturated heterocycles. The number of halogens is 1. The van der Waals surface area contributed by atoms with Gasteiger partial charge in [-0.1, -0.05) is 12.1 Å². The second kappa shape index (κ2) is 6.63. The summed E-state index contributed by atoms with van der Waals surface area (Å²) in [4.78, 5) is 11.7. The van der Waals surface area contributed by atoms with E-state index in [0.29, 0.717) is 0 Å². The van der Waals surface area contributed by atoms with Crippen molar-refractivity contribution in [2.75, 3.05) is 7.05 Å². The first-order valence-corrected chi connectivity index (χ1v) is 7.56. The number of hydrogen-bond acceptors (Lipinski definition) is 2. The smallest absolute Gasteiger partial charge is 0.261 e. The molecule has 1 aromatic carbocycles. The number of carbonyl (C=O) groups is 1. The molecular formula is C17H16BrN3O. The van der Waals surface area contributed by atoms with Crippen molar-refractivity contribution in [1.82, 2.24) is 9.88 Å². The van der Waals surface area contributed by atoms with Gasteiger partial charge in [0.15, 0.2) is 0 Å². The Labute approximate surface area is 138 Å². The summed E-state index contributed by atoms with van der Waals surface area (Å²) in [6.07, 6.45) is 1.62. The number of amides is 1. The third-order valence-corrected chi connectivity index (χ3v) is 4.13. The number of rotatable bonds is 3. The molecule has 0 atom stereocenters. The molecule has 0 spiro atoms. The molecule has 1 amide bonds. The van der Waals surface area contributed by atoms with Crippen LogP contribution in [-0.4, -0.2) is 17.5 Å². The number of aromatic nitrogens is 1. The lowest BCUT2D eigenvalue weighted by molar-refractivity contribution is -0.116. The van der Waals surface area contributed by atoms with Gasteiger partial charge in [0, 0.05) is 22.9 Å². The molecule has 0 radical (unpaired) electrons. The van der Waals surface area contributed by atoms with E-state index < -0.39 is 0 Å². The molecule has 0 unspecified atom stereocenters. The van der Waals surface area contributed by atoms with Gasteiger partial charge in [-0.2, -0.15) is 5.26 Å². The number of nitrogens with zero attached hydrogens (tertiary/aromatic N) is 2. The average molecular weight is 358 g/mol. The zero-order valence-corrected chi connectivity index (χ0v) is 14.2. The second-order valence-electron chi connectivity index (χ2n) is 4.86. The molecule has 2 rings (SSSR count). The maximum absolute atomic E-state index is 11.7. The molecule has 2 aromatic rings. The number of nitriles is 1. The van der Waals surface area contributed by atoms with Crippen LogP contribution in [-0.2, 0) is 4.79 Å². The Kier molecular flexibility index (Phi) is 4.84. The van der Waals surface area contributed by atoms with E-state index in [1.165, 1.54) is 7.05 Å². The van der Waals surface area contributed by atoms with E-state index in [9.17, 15) is 4.79 Å². The molecule has 1 heterocycles. The first kappa shape index (κ1) is 16.1. The molecule has 22 heavy (non-hydrogen) atoms. The Hall–Kier alpha value is -2.32. The molecule has 5 heteroatoms. The van der Waals surface area contributed by atoms with E-state index in [4.69, 9.17) is 5.26 Å². The molecule has 0 aliphatic heterocycles. The number of para-hydroxylation sites is 1. The van der Waals surface area contributed by atoms with Crippen molar-refractivity contribution in [3.05, 3.63) is 57.3 Å². The summed E-state index contributed by atoms with van der Waals surface area (Å²) >= 11 is 3.56. The minimum absolute atomic E-state index is 0.0925. The van der Waals surface area contributed by atoms with Gasteiger partial charge < -0.3 is 9.88 Å². The third-order valence-electron chi connectivity index (χ3n) is 3.46. The highest BCUT2D eigenvalue weighted by atomic mass is 79.9. The lowest BCUT2D eigenvalue weighted by Gasteiger charge is -2.11. The van der Waals surface area contributed by atoms with Crippen molar-refractivity contribution in [3.63, 3.8) is 0 Å². The van der Waals surface area contributed by atoms with Gasteiger partial charge in [0.05, 0.1) is 5.69 Å². The number of aryl methyl sites for hydroxylation is 1. The zero-order valence-electron chi connectivity index (χ0n) is 12.6. The van der Waals surface area contributed by atoms with Gasteiger partial charge in [-0.15, -0.1) is 0 Å². The Morgan fingerprint density at radius 1 is 1.36 bits per heavy atom. The number of nitrogens with one attached hydrogen (secondary N) is 1. The van der Waals surface area contributed by atoms with E-state index in [1.54, 1.807) is 6.08 Å². The van der Waals surface area contributed by atoms with Crippen molar-refractivity contribution in [1.29, 1.82) is 5.26 Å². The topological polar surface area (TPSA) is 57.8 Å². The summed E-state index contributed by atoms with van der Waals surface area (Å²) in [5, 5.41) is 11.6. The Bertz CT molecular complexity index is 797. The fraction of sp³-hybridized carbons (Fsp3) is 0.176. The first-order valence-electron chi connectivity index (χ1n) is 6.77. The van der Waals surface area contributed by atoms with E-state index >= 15 is 0 Å². The molecule has 112 valence electrons. The summed E-state index contributed by atoms with van der Waals surface area (Å²) in [6, 6.07) is 11.8. The van der Waals surface area contributed by atoms with Crippen LogP contribution < -0.4 is 5.32 Å². The van der Waals surface area contributed by atoms with E-state index in [0.717, 1.165) is 27.1 Å². The van der Waals surface area contributed by atoms with Crippen LogP contribution in [0.15, 0.2) is 40.4 Å². The number of hydrogen-bond donors (Lipinski definition) is 1. The Morgan fingerprint density at radius 3 is 2.64 bits per heavy atom. The maximum Gasteiger partial charge on any atom is 0.261 e. The monoisotopic (exact) mass is 357 g/mol. The van der Waals surface area contributed by atoms with Crippen LogP contribution >= 0.6 is 15.9 Å². The highest BCUT2D eigenvalue weighted by Gasteiger charge is 2.13. The average Bonchev–Trinajstić information content (AvgIpc) is 2.79. The van der Waals surface area contributed by atoms with Crippen molar-refractivity contribution >= 4 is 27.9 Å². The standard InChI is InChI=1S/C17H16BrN3O/c1-11-8-13(9-14(10-19)17(22)20-3)12(2)21(11)16-7-5-4-6-15(16)18/h4-9H,1-3H3,(H,20,22)/b14-9-. The molecule has 0 bridgehead atoms. The molecule has 0 aliphatic carbocycles. The van der Waals surface area contributed by atoms with E-state index in [1.807, 2.05) is 50.2 Å². The third kappa shape index (κ3) is 2.97. The van der Waals surface area contributed by atoms with Crippen LogP contribution in [0.3, 0.4) is 0 Å². The quantitative estimate of drug-likeness (QED) is 0.674. The highest BCUT2D eigenvalue weighted by Crippen LogP contribution is 2.27. The predicted molar refractivity (Wildman–Crippen MR) is 90.6 cm³/mol. The van der Waals surface area contributed by atoms with Gasteiger partial charge in [0.1, 0.15) is 11.6 Å². The number of carbonyl (C=O) groups excluding carboxylic acids is 1. The molecule has 0 aliphatic rings. The van der Waals surface area contributed by atoms with Gasteiger partial charge in [0.25, 0.3) is 5.91 Å². The maximum atomic E-state index is 11.7. The fourth-order valence-electron chi connectivity index (χ4n) is 2.38. The summed E-state index contributed by atoms with van der Waals surface area (Å²) < 4.78 is 3.08. The molecule has 0 fully saturated rings. The van der Waals surface area contributed by atoms with Gasteiger partial charge in [-0.25, -0.2) is 0 Å². The van der Waals surface area contributed by atoms with Gasteiger partial charge in [0.2, 0.25) is 0 Å². The van der Waals surface area contributed by atoms with Crippen molar-refractivity contribution in [2.45, 2.75) is 13.8 Å². The zero-order chi connectivity index (χ0) is 16.3. The molecular weight excluding hydrogens is 342 g/mol. The predicted octanol–water partition coefficient (Wildman–Crippen LogP) is 3.51. The Morgan fingerprint density at radius 2 is 2.05 bits per heavy atom. The van der Waals surface area contributed by atoms with Crippen LogP contribution in [0.5, 0.6) is 0 Å². The van der Waals surface area contributed by atoms with Crippen molar-refractivity contribution < 1.29 is 4.79 Å². The lowest BCUT2D eigenvalue weighted by Crippen LogP contribution is -2.19. The van der Waals surface area contributed by atoms with Crippen LogP contribution in [0, 0.1) is 25.2 Å². The summed E-state index contributed by atoms with van der Waals surface area (Å²) in [6.45, 7) is 3.97. The summed E-state index contributed by atoms with van der Waals surface area (Å²) in [5.74, 6) is -0.381. The SMILES string of the molecule is CNC(=O)/C(C#N)=C\c1cc(C)n(-c2ccccc2Br)c1C. The number of benzene rings is 1. The van der Waals surface area contributed by atoms with Crippen molar-refractivity contribution in [2.24, 2.45) is 0 Å². The molecule has 1 aromatic heterocycles. The van der Waals surface area contributed by atoms with E-state index in [2.05, 4.69) is 25.8 Å². The molecule has 0 saturated carbocycles. The second-order valence-corrected chi connectivity index (χ2v) is 5.72. The minimum Gasteiger partial charge on any atom is -0.354 e. The van der Waals surface area contributed by atoms with Crippen LogP contribution in [0.1, 0.15) is 17.0 Å². The fourth-order valence-corrected chi connectivity index (χ4v) is 2.84. The van der Waals surface area contributed by atoms with Gasteiger partial charge in [-0.05, 0) is 59.6 Å². The highest BCUT2D eigenvalue weighted by molar-refractivity contribution is 9.10. The number of likely N-dealkylation sites (N-methyl/N-ethyl adjacent to an activating group) is 1. The normalized spacial score (nSPS) is 11.1. The van der Waals surface area contributed by atoms with Crippen LogP contribution in [0.2, 0.25) is 0 Å². The molecule has 1 N–H and O–H groups in total. The minimum atomic E-state index is -0.381. The van der Waals surface area contributed by atoms with E-state index in [-0.39, 0.29) is 11.5 Å². The first-order chi connectivity index (χ1) is 10.5. The lowest BCUT2D eigenvalue weighted by atomic mass is 10.1. The molecule has 4 nitrogen and oxygen atoms in total.